The van der Waals surface area contributed by atoms with Gasteiger partial charge in [0.05, 0.1) is 12.6 Å². The highest BCUT2D eigenvalue weighted by Gasteiger charge is 2.61. The molecule has 3 aliphatic heterocycles. The number of nitrogens with zero attached hydrogens (tertiary/aromatic N) is 2. The highest BCUT2D eigenvalue weighted by atomic mass is 35.5. The molecular formula is C31H31Cl2FN4O3. The highest BCUT2D eigenvalue weighted by Crippen LogP contribution is 2.59. The minimum atomic E-state index is -1.30. The Bertz CT molecular complexity index is 1530. The van der Waals surface area contributed by atoms with E-state index in [-0.39, 0.29) is 24.8 Å². The Morgan fingerprint density at radius 1 is 0.976 bits per heavy atom. The van der Waals surface area contributed by atoms with Crippen LogP contribution in [0.5, 0.6) is 0 Å². The van der Waals surface area contributed by atoms with Gasteiger partial charge >= 0.3 is 0 Å². The van der Waals surface area contributed by atoms with Gasteiger partial charge in [0, 0.05) is 66.5 Å². The van der Waals surface area contributed by atoms with Gasteiger partial charge in [0.15, 0.2) is 0 Å². The molecule has 3 aromatic rings. The molecule has 0 aromatic heterocycles. The third-order valence-corrected chi connectivity index (χ3v) is 9.27. The zero-order valence-corrected chi connectivity index (χ0v) is 24.1. The summed E-state index contributed by atoms with van der Waals surface area (Å²) in [7, 11) is 0. The maximum Gasteiger partial charge on any atom is 0.238 e. The number of benzene rings is 3. The molecule has 3 N–H and O–H groups in total. The first kappa shape index (κ1) is 28.0. The Balaban J connectivity index is 1.56. The molecule has 41 heavy (non-hydrogen) atoms. The van der Waals surface area contributed by atoms with Crippen LogP contribution in [0.3, 0.4) is 0 Å². The molecule has 2 fully saturated rings. The summed E-state index contributed by atoms with van der Waals surface area (Å²) in [5.74, 6) is -1.58. The average Bonchev–Trinajstić information content (AvgIpc) is 3.22. The predicted molar refractivity (Wildman–Crippen MR) is 158 cm³/mol. The second-order valence-corrected chi connectivity index (χ2v) is 11.9. The van der Waals surface area contributed by atoms with Crippen molar-refractivity contribution in [3.63, 3.8) is 0 Å². The number of aliphatic hydroxyl groups excluding tert-OH is 1. The molecule has 2 amide bonds. The molecule has 3 aliphatic rings. The lowest BCUT2D eigenvalue weighted by Gasteiger charge is -2.48. The van der Waals surface area contributed by atoms with Crippen LogP contribution < -0.4 is 15.5 Å². The number of fused-ring (bicyclic) bond motifs is 2. The number of hydrogen-bond donors (Lipinski definition) is 3. The van der Waals surface area contributed by atoms with Gasteiger partial charge in [-0.1, -0.05) is 35.3 Å². The third kappa shape index (κ3) is 4.77. The van der Waals surface area contributed by atoms with Crippen molar-refractivity contribution < 1.29 is 19.1 Å². The second kappa shape index (κ2) is 10.9. The lowest BCUT2D eigenvalue weighted by Crippen LogP contribution is -2.57. The minimum absolute atomic E-state index is 0.0399. The zero-order valence-electron chi connectivity index (χ0n) is 22.6. The van der Waals surface area contributed by atoms with Gasteiger partial charge in [-0.3, -0.25) is 14.5 Å². The summed E-state index contributed by atoms with van der Waals surface area (Å²) in [5, 5.41) is 16.5. The number of hydrogen-bond acceptors (Lipinski definition) is 5. The Labute approximate surface area is 248 Å². The molecule has 2 saturated heterocycles. The van der Waals surface area contributed by atoms with Crippen LogP contribution in [-0.4, -0.2) is 61.2 Å². The van der Waals surface area contributed by atoms with Crippen molar-refractivity contribution in [2.45, 2.75) is 30.7 Å². The van der Waals surface area contributed by atoms with Gasteiger partial charge in [-0.2, -0.15) is 0 Å². The number of amides is 2. The summed E-state index contributed by atoms with van der Waals surface area (Å²) in [4.78, 5) is 32.3. The van der Waals surface area contributed by atoms with E-state index in [0.29, 0.717) is 46.5 Å². The van der Waals surface area contributed by atoms with Crippen molar-refractivity contribution in [3.05, 3.63) is 92.7 Å². The minimum Gasteiger partial charge on any atom is -0.395 e. The number of rotatable bonds is 5. The average molecular weight is 598 g/mol. The predicted octanol–water partition coefficient (Wildman–Crippen LogP) is 4.79. The van der Waals surface area contributed by atoms with Gasteiger partial charge in [0.1, 0.15) is 11.2 Å². The van der Waals surface area contributed by atoms with Gasteiger partial charge < -0.3 is 20.6 Å². The lowest BCUT2D eigenvalue weighted by atomic mass is 9.58. The molecule has 7 nitrogen and oxygen atoms in total. The summed E-state index contributed by atoms with van der Waals surface area (Å²) in [6.07, 6.45) is 0.0399. The Morgan fingerprint density at radius 2 is 1.71 bits per heavy atom. The Kier molecular flexibility index (Phi) is 7.44. The number of piperazine rings is 1. The zero-order chi connectivity index (χ0) is 28.9. The number of carbonyl (C=O) groups excluding carboxylic acids is 2. The van der Waals surface area contributed by atoms with Gasteiger partial charge in [0.2, 0.25) is 11.8 Å². The van der Waals surface area contributed by atoms with Crippen LogP contribution in [0, 0.1) is 12.7 Å². The van der Waals surface area contributed by atoms with Crippen molar-refractivity contribution >= 4 is 46.4 Å². The van der Waals surface area contributed by atoms with E-state index in [2.05, 4.69) is 20.4 Å². The first-order chi connectivity index (χ1) is 19.7. The number of nitrogens with one attached hydrogen (secondary N) is 2. The first-order valence-corrected chi connectivity index (χ1v) is 14.5. The van der Waals surface area contributed by atoms with E-state index in [9.17, 15) is 19.1 Å². The number of aliphatic hydroxyl groups is 1. The smallest absolute Gasteiger partial charge is 0.238 e. The highest BCUT2D eigenvalue weighted by molar-refractivity contribution is 6.31. The number of halogens is 3. The lowest BCUT2D eigenvalue weighted by molar-refractivity contribution is -0.131. The maximum atomic E-state index is 14.7. The van der Waals surface area contributed by atoms with Crippen LogP contribution in [-0.2, 0) is 15.0 Å². The summed E-state index contributed by atoms with van der Waals surface area (Å²) < 4.78 is 14.7. The molecule has 1 spiro atoms. The van der Waals surface area contributed by atoms with E-state index in [1.54, 1.807) is 18.2 Å². The molecule has 3 heterocycles. The molecule has 6 rings (SSSR count). The quantitative estimate of drug-likeness (QED) is 0.394. The molecule has 214 valence electrons. The fourth-order valence-electron chi connectivity index (χ4n) is 6.89. The van der Waals surface area contributed by atoms with Gasteiger partial charge in [0.25, 0.3) is 0 Å². The monoisotopic (exact) mass is 596 g/mol. The summed E-state index contributed by atoms with van der Waals surface area (Å²) in [5.41, 5.74) is 2.97. The van der Waals surface area contributed by atoms with Crippen LogP contribution in [0.1, 0.15) is 40.6 Å². The van der Waals surface area contributed by atoms with Crippen molar-refractivity contribution in [3.8, 4) is 0 Å². The number of piperidine rings is 1. The Hall–Kier alpha value is -3.17. The second-order valence-electron chi connectivity index (χ2n) is 11.0. The van der Waals surface area contributed by atoms with Crippen molar-refractivity contribution in [2.24, 2.45) is 0 Å². The molecule has 0 saturated carbocycles. The van der Waals surface area contributed by atoms with Crippen molar-refractivity contribution in [1.82, 2.24) is 10.2 Å². The fraction of sp³-hybridized carbons (Fsp3) is 0.355. The van der Waals surface area contributed by atoms with E-state index >= 15 is 0 Å². The van der Waals surface area contributed by atoms with E-state index in [1.165, 1.54) is 12.1 Å². The van der Waals surface area contributed by atoms with Crippen LogP contribution in [0.15, 0.2) is 54.6 Å². The number of carbonyl (C=O) groups is 2. The molecule has 0 bridgehead atoms. The summed E-state index contributed by atoms with van der Waals surface area (Å²) in [6.45, 7) is 5.53. The maximum absolute atomic E-state index is 14.7. The SMILES string of the molecule is Cc1ccc(F)cc1[C@@H]1NC(=O)C[C@H](c2cc(Cl)ccc2N2CCN(CCO)CC2)C12C(=O)Nc1cc(Cl)ccc12. The largest absolute Gasteiger partial charge is 0.395 e. The van der Waals surface area contributed by atoms with E-state index < -0.39 is 23.2 Å². The number of aryl methyl sites for hydroxylation is 1. The molecule has 0 radical (unpaired) electrons. The van der Waals surface area contributed by atoms with Gasteiger partial charge in [-0.25, -0.2) is 4.39 Å². The van der Waals surface area contributed by atoms with E-state index in [0.717, 1.165) is 29.9 Å². The van der Waals surface area contributed by atoms with Crippen molar-refractivity contribution in [2.75, 3.05) is 49.5 Å². The molecule has 0 aliphatic carbocycles. The molecular weight excluding hydrogens is 566 g/mol. The Morgan fingerprint density at radius 3 is 2.46 bits per heavy atom. The van der Waals surface area contributed by atoms with Gasteiger partial charge in [-0.15, -0.1) is 0 Å². The molecule has 3 aromatic carbocycles. The van der Waals surface area contributed by atoms with Crippen LogP contribution >= 0.6 is 23.2 Å². The van der Waals surface area contributed by atoms with Crippen LogP contribution in [0.25, 0.3) is 0 Å². The summed E-state index contributed by atoms with van der Waals surface area (Å²) in [6, 6.07) is 14.5. The number of β-amino-alcohol motifs (C(OH)–C–C–N with tert-alkyl or cyclic N) is 1. The first-order valence-electron chi connectivity index (χ1n) is 13.8. The topological polar surface area (TPSA) is 84.9 Å². The van der Waals surface area contributed by atoms with E-state index in [1.807, 2.05) is 31.2 Å². The fourth-order valence-corrected chi connectivity index (χ4v) is 7.24. The van der Waals surface area contributed by atoms with Crippen LogP contribution in [0.4, 0.5) is 15.8 Å². The number of anilines is 2. The van der Waals surface area contributed by atoms with Crippen LogP contribution in [0.2, 0.25) is 10.0 Å². The normalized spacial score (nSPS) is 24.4. The van der Waals surface area contributed by atoms with Gasteiger partial charge in [-0.05, 0) is 71.6 Å². The van der Waals surface area contributed by atoms with Crippen molar-refractivity contribution in [1.29, 1.82) is 0 Å². The third-order valence-electron chi connectivity index (χ3n) is 8.80. The molecule has 1 unspecified atom stereocenters. The standard InChI is InChI=1S/C31H31Cl2FN4O3/c1-18-2-5-21(34)16-22(18)29-31(24-6-3-20(33)15-26(24)35-30(31)41)25(17-28(40)36-29)23-14-19(32)4-7-27(23)38-10-8-37(9-11-38)12-13-39/h2-7,14-16,25,29,39H,8-13,17H2,1H3,(H,35,41)(H,36,40)/t25-,29+,31?/m1/s1. The summed E-state index contributed by atoms with van der Waals surface area (Å²) >= 11 is 12.9. The molecule has 10 heteroatoms. The molecule has 3 atom stereocenters. The van der Waals surface area contributed by atoms with E-state index in [4.69, 9.17) is 23.2 Å².